The number of aliphatic hydroxyl groups excluding tert-OH is 1. The number of hydrogen-bond donors (Lipinski definition) is 1. The summed E-state index contributed by atoms with van der Waals surface area (Å²) in [5.41, 5.74) is -0.305. The van der Waals surface area contributed by atoms with Gasteiger partial charge in [-0.15, -0.1) is 0 Å². The fourth-order valence-electron chi connectivity index (χ4n) is 1.62. The first-order valence-corrected chi connectivity index (χ1v) is 7.59. The summed E-state index contributed by atoms with van der Waals surface area (Å²) in [5, 5.41) is 19.9. The summed E-state index contributed by atoms with van der Waals surface area (Å²) >= 11 is 5.80. The number of rotatable bonds is 7. The maximum Gasteiger partial charge on any atom is 0.271 e. The van der Waals surface area contributed by atoms with E-state index in [4.69, 9.17) is 16.3 Å². The van der Waals surface area contributed by atoms with Gasteiger partial charge in [0.15, 0.2) is 0 Å². The van der Waals surface area contributed by atoms with Crippen LogP contribution in [0, 0.1) is 10.1 Å². The van der Waals surface area contributed by atoms with Gasteiger partial charge in [0.25, 0.3) is 5.69 Å². The van der Waals surface area contributed by atoms with E-state index in [0.29, 0.717) is 0 Å². The molecule has 0 aliphatic rings. The van der Waals surface area contributed by atoms with E-state index in [2.05, 4.69) is 0 Å². The number of ether oxygens (including phenoxy) is 1. The average Bonchev–Trinajstić information content (AvgIpc) is 2.38. The summed E-state index contributed by atoms with van der Waals surface area (Å²) in [6, 6.07) is 3.08. The smallest absolute Gasteiger partial charge is 0.271 e. The second-order valence-corrected chi connectivity index (χ2v) is 6.69. The first-order valence-electron chi connectivity index (χ1n) is 5.77. The molecule has 0 amide bonds. The molecule has 1 aromatic carbocycles. The summed E-state index contributed by atoms with van der Waals surface area (Å²) in [4.78, 5) is 9.67. The van der Waals surface area contributed by atoms with Gasteiger partial charge in [0.1, 0.15) is 4.90 Å². The third kappa shape index (κ3) is 4.35. The topological polar surface area (TPSA) is 110 Å². The summed E-state index contributed by atoms with van der Waals surface area (Å²) in [6.07, 6.45) is -0.994. The minimum atomic E-state index is -3.96. The van der Waals surface area contributed by atoms with Gasteiger partial charge in [0, 0.05) is 32.8 Å². The van der Waals surface area contributed by atoms with Crippen LogP contribution >= 0.6 is 11.6 Å². The molecule has 0 aliphatic heterocycles. The van der Waals surface area contributed by atoms with E-state index in [9.17, 15) is 23.6 Å². The third-order valence-corrected chi connectivity index (χ3v) is 4.95. The van der Waals surface area contributed by atoms with Gasteiger partial charge in [-0.1, -0.05) is 11.6 Å². The first-order chi connectivity index (χ1) is 9.70. The number of halogens is 1. The zero-order chi connectivity index (χ0) is 16.2. The van der Waals surface area contributed by atoms with Crippen molar-refractivity contribution in [3.63, 3.8) is 0 Å². The van der Waals surface area contributed by atoms with Crippen molar-refractivity contribution in [2.45, 2.75) is 11.0 Å². The van der Waals surface area contributed by atoms with E-state index in [0.717, 1.165) is 22.5 Å². The summed E-state index contributed by atoms with van der Waals surface area (Å²) in [5.74, 6) is 0. The van der Waals surface area contributed by atoms with Gasteiger partial charge >= 0.3 is 0 Å². The minimum Gasteiger partial charge on any atom is -0.389 e. The molecule has 10 heteroatoms. The monoisotopic (exact) mass is 338 g/mol. The van der Waals surface area contributed by atoms with Crippen molar-refractivity contribution in [1.82, 2.24) is 4.31 Å². The molecule has 21 heavy (non-hydrogen) atoms. The van der Waals surface area contributed by atoms with Crippen LogP contribution in [-0.2, 0) is 14.8 Å². The quantitative estimate of drug-likeness (QED) is 0.583. The Kier molecular flexibility index (Phi) is 6.05. The summed E-state index contributed by atoms with van der Waals surface area (Å²) in [6.45, 7) is -0.211. The Labute approximate surface area is 127 Å². The number of hydrogen-bond acceptors (Lipinski definition) is 6. The number of benzene rings is 1. The molecule has 0 radical (unpaired) electrons. The Hall–Kier alpha value is -1.26. The van der Waals surface area contributed by atoms with Crippen LogP contribution in [0.4, 0.5) is 5.69 Å². The highest BCUT2D eigenvalue weighted by Crippen LogP contribution is 2.28. The largest absolute Gasteiger partial charge is 0.389 e. The minimum absolute atomic E-state index is 0.0200. The Bertz CT molecular complexity index is 621. The van der Waals surface area contributed by atoms with Crippen LogP contribution in [0.1, 0.15) is 0 Å². The highest BCUT2D eigenvalue weighted by atomic mass is 35.5. The van der Waals surface area contributed by atoms with Crippen LogP contribution in [-0.4, -0.2) is 56.2 Å². The molecule has 1 rings (SSSR count). The second kappa shape index (κ2) is 7.14. The van der Waals surface area contributed by atoms with E-state index in [1.807, 2.05) is 0 Å². The molecule has 1 atom stereocenters. The molecule has 1 aromatic rings. The average molecular weight is 339 g/mol. The predicted molar refractivity (Wildman–Crippen MR) is 75.8 cm³/mol. The highest BCUT2D eigenvalue weighted by Gasteiger charge is 2.26. The summed E-state index contributed by atoms with van der Waals surface area (Å²) < 4.78 is 30.2. The molecule has 0 saturated carbocycles. The molecule has 0 aliphatic carbocycles. The number of methoxy groups -OCH3 is 1. The van der Waals surface area contributed by atoms with E-state index >= 15 is 0 Å². The van der Waals surface area contributed by atoms with Crippen LogP contribution in [0.25, 0.3) is 0 Å². The SMILES string of the molecule is COCC(O)CN(C)S(=O)(=O)c1ccc([N+](=O)[O-])cc1Cl. The zero-order valence-corrected chi connectivity index (χ0v) is 13.0. The van der Waals surface area contributed by atoms with Gasteiger partial charge in [0.05, 0.1) is 22.7 Å². The number of sulfonamides is 1. The van der Waals surface area contributed by atoms with E-state index in [1.165, 1.54) is 14.2 Å². The molecule has 0 bridgehead atoms. The lowest BCUT2D eigenvalue weighted by atomic mass is 10.3. The van der Waals surface area contributed by atoms with Gasteiger partial charge in [0.2, 0.25) is 10.0 Å². The predicted octanol–water partition coefficient (Wildman–Crippen LogP) is 0.876. The Morgan fingerprint density at radius 2 is 2.14 bits per heavy atom. The van der Waals surface area contributed by atoms with Gasteiger partial charge in [-0.3, -0.25) is 10.1 Å². The van der Waals surface area contributed by atoms with Gasteiger partial charge < -0.3 is 9.84 Å². The highest BCUT2D eigenvalue weighted by molar-refractivity contribution is 7.89. The van der Waals surface area contributed by atoms with Crippen molar-refractivity contribution in [1.29, 1.82) is 0 Å². The first kappa shape index (κ1) is 17.8. The molecule has 0 fully saturated rings. The number of non-ortho nitro benzene ring substituents is 1. The van der Waals surface area contributed by atoms with Crippen molar-refractivity contribution in [2.24, 2.45) is 0 Å². The van der Waals surface area contributed by atoms with Gasteiger partial charge in [-0.05, 0) is 6.07 Å². The molecule has 1 unspecified atom stereocenters. The number of nitro groups is 1. The van der Waals surface area contributed by atoms with Crippen molar-refractivity contribution >= 4 is 27.3 Å². The lowest BCUT2D eigenvalue weighted by Gasteiger charge is -2.20. The Morgan fingerprint density at radius 3 is 2.62 bits per heavy atom. The number of nitrogens with zero attached hydrogens (tertiary/aromatic N) is 2. The molecule has 118 valence electrons. The summed E-state index contributed by atoms with van der Waals surface area (Å²) in [7, 11) is -1.31. The fraction of sp³-hybridized carbons (Fsp3) is 0.455. The van der Waals surface area contributed by atoms with Crippen molar-refractivity contribution in [3.8, 4) is 0 Å². The third-order valence-electron chi connectivity index (χ3n) is 2.64. The van der Waals surface area contributed by atoms with Crippen LogP contribution in [0.15, 0.2) is 23.1 Å². The van der Waals surface area contributed by atoms with Gasteiger partial charge in [-0.2, -0.15) is 4.31 Å². The van der Waals surface area contributed by atoms with Crippen molar-refractivity contribution < 1.29 is 23.2 Å². The molecule has 0 spiro atoms. The van der Waals surface area contributed by atoms with Gasteiger partial charge in [-0.25, -0.2) is 8.42 Å². The van der Waals surface area contributed by atoms with Crippen LogP contribution in [0.3, 0.4) is 0 Å². The maximum absolute atomic E-state index is 12.3. The lowest BCUT2D eigenvalue weighted by molar-refractivity contribution is -0.384. The molecule has 0 heterocycles. The number of nitro benzene ring substituents is 1. The van der Waals surface area contributed by atoms with E-state index in [-0.39, 0.29) is 28.8 Å². The molecule has 8 nitrogen and oxygen atoms in total. The fourth-order valence-corrected chi connectivity index (χ4v) is 3.34. The Balaban J connectivity index is 3.05. The molecular weight excluding hydrogens is 324 g/mol. The maximum atomic E-state index is 12.3. The number of aliphatic hydroxyl groups is 1. The van der Waals surface area contributed by atoms with E-state index < -0.39 is 21.1 Å². The zero-order valence-electron chi connectivity index (χ0n) is 11.4. The molecule has 0 saturated heterocycles. The van der Waals surface area contributed by atoms with E-state index in [1.54, 1.807) is 0 Å². The molecule has 1 N–H and O–H groups in total. The Morgan fingerprint density at radius 1 is 1.52 bits per heavy atom. The van der Waals surface area contributed by atoms with Crippen molar-refractivity contribution in [2.75, 3.05) is 27.3 Å². The van der Waals surface area contributed by atoms with Crippen LogP contribution < -0.4 is 0 Å². The van der Waals surface area contributed by atoms with Crippen molar-refractivity contribution in [3.05, 3.63) is 33.3 Å². The molecular formula is C11H15ClN2O6S. The standard InChI is InChI=1S/C11H15ClN2O6S/c1-13(6-9(15)7-20-2)21(18,19)11-4-3-8(14(16)17)5-10(11)12/h3-5,9,15H,6-7H2,1-2H3. The lowest BCUT2D eigenvalue weighted by Crippen LogP contribution is -2.36. The van der Waals surface area contributed by atoms with Crippen LogP contribution in [0.5, 0.6) is 0 Å². The normalized spacial score (nSPS) is 13.4. The number of likely N-dealkylation sites (N-methyl/N-ethyl adjacent to an activating group) is 1. The van der Waals surface area contributed by atoms with Crippen LogP contribution in [0.2, 0.25) is 5.02 Å². The molecule has 0 aromatic heterocycles. The second-order valence-electron chi connectivity index (χ2n) is 4.27.